The maximum Gasteiger partial charge on any atom is 0.131 e. The molecule has 24 heavy (non-hydrogen) atoms. The second-order valence-electron chi connectivity index (χ2n) is 5.75. The first-order valence-corrected chi connectivity index (χ1v) is 7.79. The van der Waals surface area contributed by atoms with Crippen molar-refractivity contribution in [3.05, 3.63) is 47.3 Å². The van der Waals surface area contributed by atoms with Crippen LogP contribution in [-0.2, 0) is 27.2 Å². The Morgan fingerprint density at radius 2 is 1.29 bits per heavy atom. The lowest BCUT2D eigenvalue weighted by Crippen LogP contribution is -2.06. The summed E-state index contributed by atoms with van der Waals surface area (Å²) in [5.41, 5.74) is 4.58. The van der Waals surface area contributed by atoms with E-state index >= 15 is 0 Å². The molecule has 8 nitrogen and oxygen atoms in total. The molecule has 0 aromatic carbocycles. The first kappa shape index (κ1) is 16.0. The van der Waals surface area contributed by atoms with Gasteiger partial charge in [-0.2, -0.15) is 10.2 Å². The van der Waals surface area contributed by atoms with Crippen LogP contribution in [0.15, 0.2) is 24.8 Å². The van der Waals surface area contributed by atoms with Crippen molar-refractivity contribution in [2.75, 3.05) is 10.6 Å². The Hall–Kier alpha value is -2.90. The quantitative estimate of drug-likeness (QED) is 0.718. The van der Waals surface area contributed by atoms with Gasteiger partial charge in [0.25, 0.3) is 0 Å². The summed E-state index contributed by atoms with van der Waals surface area (Å²) < 4.78 is 3.72. The minimum absolute atomic E-state index is 0.678. The van der Waals surface area contributed by atoms with Gasteiger partial charge in [0.05, 0.1) is 12.4 Å². The predicted molar refractivity (Wildman–Crippen MR) is 92.6 cm³/mol. The van der Waals surface area contributed by atoms with Gasteiger partial charge < -0.3 is 10.6 Å². The highest BCUT2D eigenvalue weighted by molar-refractivity contribution is 5.47. The van der Waals surface area contributed by atoms with Crippen LogP contribution in [-0.4, -0.2) is 29.5 Å². The summed E-state index contributed by atoms with van der Waals surface area (Å²) in [6.45, 7) is 5.45. The van der Waals surface area contributed by atoms with Crippen LogP contribution in [0.1, 0.15) is 22.5 Å². The van der Waals surface area contributed by atoms with Gasteiger partial charge in [0, 0.05) is 55.8 Å². The van der Waals surface area contributed by atoms with Crippen LogP contribution in [0, 0.1) is 13.8 Å². The highest BCUT2D eigenvalue weighted by atomic mass is 15.3. The molecular formula is C16H22N8. The monoisotopic (exact) mass is 326 g/mol. The number of aromatic nitrogens is 6. The van der Waals surface area contributed by atoms with Gasteiger partial charge in [0.1, 0.15) is 18.0 Å². The molecule has 0 aliphatic rings. The summed E-state index contributed by atoms with van der Waals surface area (Å²) in [5.74, 6) is 1.55. The van der Waals surface area contributed by atoms with Gasteiger partial charge in [-0.25, -0.2) is 9.97 Å². The van der Waals surface area contributed by atoms with Crippen LogP contribution in [0.25, 0.3) is 0 Å². The Balaban J connectivity index is 1.61. The van der Waals surface area contributed by atoms with Crippen molar-refractivity contribution < 1.29 is 0 Å². The highest BCUT2D eigenvalue weighted by Gasteiger charge is 2.06. The Morgan fingerprint density at radius 3 is 1.67 bits per heavy atom. The van der Waals surface area contributed by atoms with Gasteiger partial charge in [0.15, 0.2) is 0 Å². The smallest absolute Gasteiger partial charge is 0.131 e. The van der Waals surface area contributed by atoms with Crippen molar-refractivity contribution in [2.45, 2.75) is 26.9 Å². The maximum atomic E-state index is 4.26. The number of aryl methyl sites for hydroxylation is 2. The largest absolute Gasteiger partial charge is 0.366 e. The summed E-state index contributed by atoms with van der Waals surface area (Å²) in [6.07, 6.45) is 5.29. The molecule has 0 aliphatic carbocycles. The molecule has 0 spiro atoms. The normalized spacial score (nSPS) is 10.8. The molecule has 0 atom stereocenters. The van der Waals surface area contributed by atoms with E-state index in [0.29, 0.717) is 13.1 Å². The first-order chi connectivity index (χ1) is 11.5. The number of hydrogen-bond donors (Lipinski definition) is 2. The molecule has 0 radical (unpaired) electrons. The molecule has 0 fully saturated rings. The second kappa shape index (κ2) is 6.69. The fourth-order valence-corrected chi connectivity index (χ4v) is 2.36. The van der Waals surface area contributed by atoms with E-state index in [1.165, 1.54) is 0 Å². The molecule has 3 rings (SSSR count). The molecule has 0 amide bonds. The molecule has 0 bridgehead atoms. The van der Waals surface area contributed by atoms with E-state index in [4.69, 9.17) is 0 Å². The van der Waals surface area contributed by atoms with E-state index in [0.717, 1.165) is 34.2 Å². The molecule has 3 aromatic rings. The molecular weight excluding hydrogens is 304 g/mol. The Bertz CT molecular complexity index is 767. The second-order valence-corrected chi connectivity index (χ2v) is 5.75. The summed E-state index contributed by atoms with van der Waals surface area (Å²) in [4.78, 5) is 8.52. The summed E-state index contributed by atoms with van der Waals surface area (Å²) in [6, 6.07) is 1.90. The molecule has 126 valence electrons. The maximum absolute atomic E-state index is 4.26. The fourth-order valence-electron chi connectivity index (χ4n) is 2.36. The third-order valence-electron chi connectivity index (χ3n) is 4.26. The van der Waals surface area contributed by atoms with E-state index in [1.54, 1.807) is 6.33 Å². The van der Waals surface area contributed by atoms with Crippen molar-refractivity contribution in [3.8, 4) is 0 Å². The molecule has 2 N–H and O–H groups in total. The summed E-state index contributed by atoms with van der Waals surface area (Å²) in [7, 11) is 3.87. The fraction of sp³-hybridized carbons (Fsp3) is 0.375. The molecule has 3 heterocycles. The van der Waals surface area contributed by atoms with Crippen LogP contribution in [0.3, 0.4) is 0 Å². The van der Waals surface area contributed by atoms with E-state index in [1.807, 2.05) is 55.8 Å². The third-order valence-corrected chi connectivity index (χ3v) is 4.26. The Labute approximate surface area is 140 Å². The van der Waals surface area contributed by atoms with Crippen LogP contribution >= 0.6 is 0 Å². The minimum atomic E-state index is 0.678. The molecule has 0 saturated heterocycles. The summed E-state index contributed by atoms with van der Waals surface area (Å²) >= 11 is 0. The topological polar surface area (TPSA) is 85.5 Å². The minimum Gasteiger partial charge on any atom is -0.366 e. The number of hydrogen-bond acceptors (Lipinski definition) is 6. The van der Waals surface area contributed by atoms with Gasteiger partial charge in [-0.15, -0.1) is 0 Å². The van der Waals surface area contributed by atoms with Gasteiger partial charge in [-0.05, 0) is 13.8 Å². The molecule has 3 aromatic heterocycles. The van der Waals surface area contributed by atoms with Crippen molar-refractivity contribution in [1.82, 2.24) is 29.5 Å². The lowest BCUT2D eigenvalue weighted by atomic mass is 10.2. The van der Waals surface area contributed by atoms with E-state index in [2.05, 4.69) is 30.8 Å². The molecule has 0 saturated carbocycles. The van der Waals surface area contributed by atoms with Crippen LogP contribution in [0.5, 0.6) is 0 Å². The zero-order valence-electron chi connectivity index (χ0n) is 14.4. The number of rotatable bonds is 6. The van der Waals surface area contributed by atoms with Crippen molar-refractivity contribution >= 4 is 11.6 Å². The van der Waals surface area contributed by atoms with Crippen molar-refractivity contribution in [2.24, 2.45) is 14.1 Å². The average Bonchev–Trinajstić information content (AvgIpc) is 3.08. The van der Waals surface area contributed by atoms with Crippen LogP contribution in [0.2, 0.25) is 0 Å². The van der Waals surface area contributed by atoms with Crippen molar-refractivity contribution in [3.63, 3.8) is 0 Å². The van der Waals surface area contributed by atoms with Gasteiger partial charge in [-0.3, -0.25) is 9.36 Å². The lowest BCUT2D eigenvalue weighted by Gasteiger charge is -2.08. The average molecular weight is 326 g/mol. The summed E-state index contributed by atoms with van der Waals surface area (Å²) in [5, 5.41) is 15.1. The standard InChI is InChI=1S/C16H22N8/c1-11-13(8-21-23(11)3)6-17-15-5-16(20-10-19-15)18-7-14-9-22-24(4)12(14)2/h5,8-10H,6-7H2,1-4H3,(H2,17,18,19,20). The zero-order valence-corrected chi connectivity index (χ0v) is 14.4. The van der Waals surface area contributed by atoms with Gasteiger partial charge in [0.2, 0.25) is 0 Å². The number of nitrogens with one attached hydrogen (secondary N) is 2. The number of anilines is 2. The Morgan fingerprint density at radius 1 is 0.833 bits per heavy atom. The predicted octanol–water partition coefficient (Wildman–Crippen LogP) is 1.78. The van der Waals surface area contributed by atoms with E-state index in [9.17, 15) is 0 Å². The Kier molecular flexibility index (Phi) is 4.45. The molecule has 8 heteroatoms. The van der Waals surface area contributed by atoms with Gasteiger partial charge >= 0.3 is 0 Å². The number of nitrogens with zero attached hydrogens (tertiary/aromatic N) is 6. The zero-order chi connectivity index (χ0) is 17.1. The SMILES string of the molecule is Cc1c(CNc2cc(NCc3cnn(C)c3C)ncn2)cnn1C. The first-order valence-electron chi connectivity index (χ1n) is 7.79. The van der Waals surface area contributed by atoms with E-state index in [-0.39, 0.29) is 0 Å². The lowest BCUT2D eigenvalue weighted by molar-refractivity contribution is 0.738. The molecule has 0 unspecified atom stereocenters. The van der Waals surface area contributed by atoms with Crippen LogP contribution in [0.4, 0.5) is 11.6 Å². The van der Waals surface area contributed by atoms with Crippen molar-refractivity contribution in [1.29, 1.82) is 0 Å². The van der Waals surface area contributed by atoms with Gasteiger partial charge in [-0.1, -0.05) is 0 Å². The molecule has 0 aliphatic heterocycles. The third kappa shape index (κ3) is 3.37. The van der Waals surface area contributed by atoms with E-state index < -0.39 is 0 Å². The van der Waals surface area contributed by atoms with Crippen LogP contribution < -0.4 is 10.6 Å². The highest BCUT2D eigenvalue weighted by Crippen LogP contribution is 2.14.